The largest absolute Gasteiger partial charge is 0.486 e. The third-order valence-electron chi connectivity index (χ3n) is 4.22. The second-order valence-electron chi connectivity index (χ2n) is 7.26. The van der Waals surface area contributed by atoms with Gasteiger partial charge in [0.15, 0.2) is 5.76 Å². The van der Waals surface area contributed by atoms with E-state index in [1.165, 1.54) is 5.56 Å². The lowest BCUT2D eigenvalue weighted by Crippen LogP contribution is -2.12. The monoisotopic (exact) mass is 336 g/mol. The summed E-state index contributed by atoms with van der Waals surface area (Å²) in [5.74, 6) is 0.793. The predicted molar refractivity (Wildman–Crippen MR) is 102 cm³/mol. The normalized spacial score (nSPS) is 11.7. The van der Waals surface area contributed by atoms with E-state index in [0.29, 0.717) is 29.1 Å². The van der Waals surface area contributed by atoms with Gasteiger partial charge in [0.25, 0.3) is 0 Å². The summed E-state index contributed by atoms with van der Waals surface area (Å²) in [7, 11) is 0. The maximum Gasteiger partial charge on any atom is 0.235 e. The summed E-state index contributed by atoms with van der Waals surface area (Å²) >= 11 is 0. The molecule has 0 N–H and O–H groups in total. The summed E-state index contributed by atoms with van der Waals surface area (Å²) in [5.41, 5.74) is 2.61. The van der Waals surface area contributed by atoms with Gasteiger partial charge in [-0.2, -0.15) is 0 Å². The summed E-state index contributed by atoms with van der Waals surface area (Å²) in [4.78, 5) is 12.9. The van der Waals surface area contributed by atoms with Gasteiger partial charge in [-0.05, 0) is 29.5 Å². The van der Waals surface area contributed by atoms with Crippen molar-refractivity contribution in [3.05, 3.63) is 64.3 Å². The average molecular weight is 336 g/mol. The Morgan fingerprint density at radius 2 is 1.68 bits per heavy atom. The minimum Gasteiger partial charge on any atom is -0.486 e. The number of fused-ring (bicyclic) bond motifs is 1. The molecule has 2 aromatic carbocycles. The molecule has 0 unspecified atom stereocenters. The molecule has 0 spiro atoms. The Morgan fingerprint density at radius 3 is 2.32 bits per heavy atom. The van der Waals surface area contributed by atoms with Crippen LogP contribution in [0.1, 0.15) is 39.7 Å². The van der Waals surface area contributed by atoms with Crippen molar-refractivity contribution in [2.75, 3.05) is 6.61 Å². The zero-order valence-corrected chi connectivity index (χ0v) is 15.3. The van der Waals surface area contributed by atoms with Gasteiger partial charge in [-0.3, -0.25) is 4.79 Å². The first kappa shape index (κ1) is 17.3. The van der Waals surface area contributed by atoms with Crippen LogP contribution < -0.4 is 10.2 Å². The van der Waals surface area contributed by atoms with Crippen molar-refractivity contribution in [3.63, 3.8) is 0 Å². The van der Waals surface area contributed by atoms with Crippen LogP contribution >= 0.6 is 0 Å². The molecular formula is C22H24O3. The number of para-hydroxylation sites is 1. The van der Waals surface area contributed by atoms with Gasteiger partial charge in [-0.25, -0.2) is 0 Å². The molecular weight excluding hydrogens is 312 g/mol. The lowest BCUT2D eigenvalue weighted by molar-refractivity contribution is 0.309. The van der Waals surface area contributed by atoms with Crippen LogP contribution in [-0.2, 0) is 5.41 Å². The van der Waals surface area contributed by atoms with E-state index in [2.05, 4.69) is 32.9 Å². The van der Waals surface area contributed by atoms with E-state index in [0.717, 1.165) is 12.0 Å². The van der Waals surface area contributed by atoms with Crippen LogP contribution in [0.5, 0.6) is 5.75 Å². The molecule has 0 aliphatic rings. The molecule has 0 bridgehead atoms. The third kappa shape index (κ3) is 3.46. The molecule has 0 atom stereocenters. The summed E-state index contributed by atoms with van der Waals surface area (Å²) in [6, 6.07) is 15.4. The van der Waals surface area contributed by atoms with Crippen LogP contribution in [0, 0.1) is 0 Å². The average Bonchev–Trinajstić information content (AvgIpc) is 2.60. The molecule has 1 heterocycles. The Morgan fingerprint density at radius 1 is 1.00 bits per heavy atom. The van der Waals surface area contributed by atoms with E-state index in [1.807, 2.05) is 37.3 Å². The first-order valence-corrected chi connectivity index (χ1v) is 8.71. The lowest BCUT2D eigenvalue weighted by Gasteiger charge is -2.19. The second-order valence-corrected chi connectivity index (χ2v) is 7.26. The fourth-order valence-corrected chi connectivity index (χ4v) is 2.77. The minimum atomic E-state index is -0.120. The van der Waals surface area contributed by atoms with Crippen LogP contribution in [0.3, 0.4) is 0 Å². The Balaban J connectivity index is 2.18. The molecule has 0 amide bonds. The van der Waals surface area contributed by atoms with Crippen LogP contribution in [0.4, 0.5) is 0 Å². The third-order valence-corrected chi connectivity index (χ3v) is 4.22. The highest BCUT2D eigenvalue weighted by Crippen LogP contribution is 2.32. The molecule has 130 valence electrons. The number of hydrogen-bond donors (Lipinski definition) is 0. The van der Waals surface area contributed by atoms with Gasteiger partial charge < -0.3 is 9.15 Å². The van der Waals surface area contributed by atoms with Gasteiger partial charge in [0.2, 0.25) is 11.2 Å². The Hall–Kier alpha value is -2.55. The van der Waals surface area contributed by atoms with E-state index < -0.39 is 0 Å². The van der Waals surface area contributed by atoms with E-state index in [1.54, 1.807) is 6.07 Å². The maximum atomic E-state index is 12.9. The van der Waals surface area contributed by atoms with E-state index >= 15 is 0 Å². The van der Waals surface area contributed by atoms with Gasteiger partial charge >= 0.3 is 0 Å². The SMILES string of the molecule is CCCOc1c(-c2ccc(C(C)(C)C)cc2)oc2ccccc2c1=O. The number of ether oxygens (including phenoxy) is 1. The summed E-state index contributed by atoms with van der Waals surface area (Å²) in [6.45, 7) is 9.02. The fourth-order valence-electron chi connectivity index (χ4n) is 2.77. The molecule has 0 aliphatic heterocycles. The molecule has 0 saturated heterocycles. The molecule has 3 nitrogen and oxygen atoms in total. The maximum absolute atomic E-state index is 12.9. The van der Waals surface area contributed by atoms with Crippen LogP contribution in [0.2, 0.25) is 0 Å². The molecule has 3 rings (SSSR count). The van der Waals surface area contributed by atoms with Crippen molar-refractivity contribution < 1.29 is 9.15 Å². The van der Waals surface area contributed by atoms with Gasteiger partial charge in [0.05, 0.1) is 12.0 Å². The van der Waals surface area contributed by atoms with Crippen molar-refractivity contribution in [1.82, 2.24) is 0 Å². The molecule has 1 aromatic heterocycles. The summed E-state index contributed by atoms with van der Waals surface area (Å²) in [5, 5.41) is 0.545. The van der Waals surface area contributed by atoms with Crippen LogP contribution in [-0.4, -0.2) is 6.61 Å². The molecule has 25 heavy (non-hydrogen) atoms. The van der Waals surface area contributed by atoms with Crippen molar-refractivity contribution >= 4 is 11.0 Å². The number of benzene rings is 2. The van der Waals surface area contributed by atoms with Gasteiger partial charge in [0.1, 0.15) is 5.58 Å². The Bertz CT molecular complexity index is 928. The van der Waals surface area contributed by atoms with Crippen molar-refractivity contribution in [3.8, 4) is 17.1 Å². The molecule has 0 aliphatic carbocycles. The second kappa shape index (κ2) is 6.75. The lowest BCUT2D eigenvalue weighted by atomic mass is 9.86. The number of hydrogen-bond acceptors (Lipinski definition) is 3. The van der Waals surface area contributed by atoms with Crippen molar-refractivity contribution in [2.45, 2.75) is 39.5 Å². The summed E-state index contributed by atoms with van der Waals surface area (Å²) in [6.07, 6.45) is 0.828. The van der Waals surface area contributed by atoms with Crippen LogP contribution in [0.25, 0.3) is 22.3 Å². The quantitative estimate of drug-likeness (QED) is 0.627. The molecule has 0 saturated carbocycles. The van der Waals surface area contributed by atoms with Crippen LogP contribution in [0.15, 0.2) is 57.7 Å². The fraction of sp³-hybridized carbons (Fsp3) is 0.318. The van der Waals surface area contributed by atoms with E-state index in [4.69, 9.17) is 9.15 Å². The van der Waals surface area contributed by atoms with Gasteiger partial charge in [-0.15, -0.1) is 0 Å². The highest BCUT2D eigenvalue weighted by atomic mass is 16.5. The summed E-state index contributed by atoms with van der Waals surface area (Å²) < 4.78 is 11.8. The zero-order chi connectivity index (χ0) is 18.0. The first-order valence-electron chi connectivity index (χ1n) is 8.71. The highest BCUT2D eigenvalue weighted by Gasteiger charge is 2.19. The molecule has 3 aromatic rings. The Kier molecular flexibility index (Phi) is 4.67. The standard InChI is InChI=1S/C22H24O3/c1-5-14-24-21-19(23)17-8-6-7-9-18(17)25-20(21)15-10-12-16(13-11-15)22(2,3)4/h6-13H,5,14H2,1-4H3. The highest BCUT2D eigenvalue weighted by molar-refractivity contribution is 5.81. The van der Waals surface area contributed by atoms with Crippen molar-refractivity contribution in [1.29, 1.82) is 0 Å². The number of rotatable bonds is 4. The van der Waals surface area contributed by atoms with Gasteiger partial charge in [-0.1, -0.05) is 64.1 Å². The first-order chi connectivity index (χ1) is 11.9. The van der Waals surface area contributed by atoms with Gasteiger partial charge in [0, 0.05) is 5.56 Å². The minimum absolute atomic E-state index is 0.0737. The molecule has 0 radical (unpaired) electrons. The van der Waals surface area contributed by atoms with E-state index in [-0.39, 0.29) is 10.8 Å². The molecule has 0 fully saturated rings. The van der Waals surface area contributed by atoms with E-state index in [9.17, 15) is 4.79 Å². The zero-order valence-electron chi connectivity index (χ0n) is 15.3. The molecule has 3 heteroatoms. The Labute approximate surface area is 148 Å². The topological polar surface area (TPSA) is 39.4 Å². The smallest absolute Gasteiger partial charge is 0.235 e. The van der Waals surface area contributed by atoms with Crippen molar-refractivity contribution in [2.24, 2.45) is 0 Å². The predicted octanol–water partition coefficient (Wildman–Crippen LogP) is 5.55.